The van der Waals surface area contributed by atoms with Crippen molar-refractivity contribution < 1.29 is 37.3 Å². The Bertz CT molecular complexity index is 885. The summed E-state index contributed by atoms with van der Waals surface area (Å²) in [5, 5.41) is 0. The van der Waals surface area contributed by atoms with Crippen LogP contribution >= 0.6 is 0 Å². The monoisotopic (exact) mass is 418 g/mol. The molecule has 0 saturated heterocycles. The van der Waals surface area contributed by atoms with Gasteiger partial charge in [0.1, 0.15) is 32.2 Å². The maximum atomic E-state index is 14.3. The Morgan fingerprint density at radius 3 is 1.77 bits per heavy atom. The molecule has 0 amide bonds. The highest BCUT2D eigenvalue weighted by atomic mass is 19.1. The lowest BCUT2D eigenvalue weighted by Gasteiger charge is -2.11. The number of ether oxygens (including phenoxy) is 4. The molecule has 0 radical (unpaired) electrons. The minimum absolute atomic E-state index is 0.0667. The standard InChI is InChI=1S/C22H20F2O6/c1-3-20(25)28-10-9-27-17-7-5-15(6-8-17)16-13-18(23)22(19(24)14-16)30-12-11-29-21(26)4-2/h3-8,13-14H,1-2,9-12H2. The first kappa shape index (κ1) is 22.6. The summed E-state index contributed by atoms with van der Waals surface area (Å²) >= 11 is 0. The Labute approximate surface area is 172 Å². The maximum absolute atomic E-state index is 14.3. The van der Waals surface area contributed by atoms with E-state index in [9.17, 15) is 18.4 Å². The molecule has 0 N–H and O–H groups in total. The van der Waals surface area contributed by atoms with Crippen LogP contribution in [0.2, 0.25) is 0 Å². The Balaban J connectivity index is 1.95. The van der Waals surface area contributed by atoms with Crippen molar-refractivity contribution in [3.05, 3.63) is 73.3 Å². The zero-order chi connectivity index (χ0) is 21.9. The number of carbonyl (C=O) groups is 2. The van der Waals surface area contributed by atoms with Crippen molar-refractivity contribution in [3.8, 4) is 22.6 Å². The highest BCUT2D eigenvalue weighted by Crippen LogP contribution is 2.30. The van der Waals surface area contributed by atoms with Gasteiger partial charge in [0.25, 0.3) is 0 Å². The predicted molar refractivity (Wildman–Crippen MR) is 105 cm³/mol. The second kappa shape index (κ2) is 11.4. The van der Waals surface area contributed by atoms with Crippen LogP contribution in [0.1, 0.15) is 0 Å². The largest absolute Gasteiger partial charge is 0.490 e. The molecule has 0 saturated carbocycles. The molecule has 8 heteroatoms. The molecule has 0 bridgehead atoms. The van der Waals surface area contributed by atoms with Crippen molar-refractivity contribution in [2.24, 2.45) is 0 Å². The first-order valence-corrected chi connectivity index (χ1v) is 8.88. The second-order valence-electron chi connectivity index (χ2n) is 5.73. The molecule has 0 spiro atoms. The summed E-state index contributed by atoms with van der Waals surface area (Å²) in [6.07, 6.45) is 2.03. The van der Waals surface area contributed by atoms with Gasteiger partial charge in [-0.05, 0) is 35.4 Å². The third-order valence-corrected chi connectivity index (χ3v) is 3.69. The van der Waals surface area contributed by atoms with Crippen molar-refractivity contribution in [2.45, 2.75) is 0 Å². The maximum Gasteiger partial charge on any atom is 0.330 e. The molecule has 0 fully saturated rings. The quantitative estimate of drug-likeness (QED) is 0.314. The van der Waals surface area contributed by atoms with Gasteiger partial charge in [-0.2, -0.15) is 0 Å². The van der Waals surface area contributed by atoms with Gasteiger partial charge >= 0.3 is 11.9 Å². The fourth-order valence-electron chi connectivity index (χ4n) is 2.31. The Morgan fingerprint density at radius 1 is 0.767 bits per heavy atom. The molecule has 6 nitrogen and oxygen atoms in total. The molecule has 2 rings (SSSR count). The molecule has 158 valence electrons. The molecule has 0 aliphatic rings. The van der Waals surface area contributed by atoms with E-state index in [0.717, 1.165) is 24.3 Å². The second-order valence-corrected chi connectivity index (χ2v) is 5.73. The third-order valence-electron chi connectivity index (χ3n) is 3.69. The minimum Gasteiger partial charge on any atom is -0.490 e. The summed E-state index contributed by atoms with van der Waals surface area (Å²) in [6.45, 7) is 6.36. The Morgan fingerprint density at radius 2 is 1.27 bits per heavy atom. The van der Waals surface area contributed by atoms with Crippen molar-refractivity contribution >= 4 is 11.9 Å². The highest BCUT2D eigenvalue weighted by molar-refractivity contribution is 5.81. The molecule has 0 atom stereocenters. The minimum atomic E-state index is -0.885. The van der Waals surface area contributed by atoms with Crippen LogP contribution in [0.25, 0.3) is 11.1 Å². The van der Waals surface area contributed by atoms with Crippen molar-refractivity contribution in [1.29, 1.82) is 0 Å². The summed E-state index contributed by atoms with van der Waals surface area (Å²) in [4.78, 5) is 21.8. The molecule has 2 aromatic rings. The molecule has 30 heavy (non-hydrogen) atoms. The van der Waals surface area contributed by atoms with Gasteiger partial charge in [-0.1, -0.05) is 25.3 Å². The van der Waals surface area contributed by atoms with Crippen LogP contribution in [-0.2, 0) is 19.1 Å². The summed E-state index contributed by atoms with van der Waals surface area (Å²) in [6, 6.07) is 8.79. The number of halogens is 2. The van der Waals surface area contributed by atoms with E-state index in [0.29, 0.717) is 16.9 Å². The summed E-state index contributed by atoms with van der Waals surface area (Å²) in [7, 11) is 0. The van der Waals surface area contributed by atoms with Crippen molar-refractivity contribution in [1.82, 2.24) is 0 Å². The van der Waals surface area contributed by atoms with E-state index in [2.05, 4.69) is 17.9 Å². The van der Waals surface area contributed by atoms with E-state index in [1.54, 1.807) is 24.3 Å². The summed E-state index contributed by atoms with van der Waals surface area (Å²) in [5.74, 6) is -3.01. The SMILES string of the molecule is C=CC(=O)OCCOc1ccc(-c2cc(F)c(OCCOC(=O)C=C)c(F)c2)cc1. The number of hydrogen-bond donors (Lipinski definition) is 0. The lowest BCUT2D eigenvalue weighted by Crippen LogP contribution is -2.11. The van der Waals surface area contributed by atoms with Gasteiger partial charge in [-0.3, -0.25) is 0 Å². The first-order valence-electron chi connectivity index (χ1n) is 8.88. The van der Waals surface area contributed by atoms with Gasteiger partial charge < -0.3 is 18.9 Å². The average molecular weight is 418 g/mol. The zero-order valence-electron chi connectivity index (χ0n) is 16.1. The normalized spacial score (nSPS) is 10.1. The number of benzene rings is 2. The lowest BCUT2D eigenvalue weighted by molar-refractivity contribution is -0.139. The van der Waals surface area contributed by atoms with Gasteiger partial charge in [-0.25, -0.2) is 18.4 Å². The number of rotatable bonds is 11. The van der Waals surface area contributed by atoms with E-state index in [1.165, 1.54) is 0 Å². The third kappa shape index (κ3) is 6.73. The van der Waals surface area contributed by atoms with E-state index in [1.807, 2.05) is 0 Å². The molecular formula is C22H20F2O6. The first-order chi connectivity index (χ1) is 14.4. The number of hydrogen-bond acceptors (Lipinski definition) is 6. The van der Waals surface area contributed by atoms with Gasteiger partial charge in [0.15, 0.2) is 17.4 Å². The topological polar surface area (TPSA) is 71.1 Å². The van der Waals surface area contributed by atoms with E-state index in [4.69, 9.17) is 14.2 Å². The zero-order valence-corrected chi connectivity index (χ0v) is 16.1. The average Bonchev–Trinajstić information content (AvgIpc) is 2.75. The molecular weight excluding hydrogens is 398 g/mol. The van der Waals surface area contributed by atoms with E-state index < -0.39 is 29.3 Å². The number of carbonyl (C=O) groups excluding carboxylic acids is 2. The Hall–Kier alpha value is -3.68. The summed E-state index contributed by atoms with van der Waals surface area (Å²) < 4.78 is 48.4. The van der Waals surface area contributed by atoms with Gasteiger partial charge in [-0.15, -0.1) is 0 Å². The smallest absolute Gasteiger partial charge is 0.330 e. The summed E-state index contributed by atoms with van der Waals surface area (Å²) in [5.41, 5.74) is 0.867. The molecule has 2 aromatic carbocycles. The van der Waals surface area contributed by atoms with Crippen LogP contribution in [-0.4, -0.2) is 38.4 Å². The van der Waals surface area contributed by atoms with Gasteiger partial charge in [0.2, 0.25) is 0 Å². The Kier molecular flexibility index (Phi) is 8.56. The van der Waals surface area contributed by atoms with E-state index >= 15 is 0 Å². The molecule has 0 aromatic heterocycles. The van der Waals surface area contributed by atoms with Crippen molar-refractivity contribution in [3.63, 3.8) is 0 Å². The van der Waals surface area contributed by atoms with Crippen LogP contribution in [0.5, 0.6) is 11.5 Å². The van der Waals surface area contributed by atoms with Crippen LogP contribution < -0.4 is 9.47 Å². The van der Waals surface area contributed by atoms with Crippen LogP contribution in [0.4, 0.5) is 8.78 Å². The highest BCUT2D eigenvalue weighted by Gasteiger charge is 2.14. The molecule has 0 aliphatic heterocycles. The fourth-order valence-corrected chi connectivity index (χ4v) is 2.31. The van der Waals surface area contributed by atoms with Crippen LogP contribution in [0, 0.1) is 11.6 Å². The van der Waals surface area contributed by atoms with Gasteiger partial charge in [0, 0.05) is 12.2 Å². The van der Waals surface area contributed by atoms with Gasteiger partial charge in [0.05, 0.1) is 0 Å². The number of esters is 2. The fraction of sp³-hybridized carbons (Fsp3) is 0.182. The predicted octanol–water partition coefficient (Wildman–Crippen LogP) is 3.85. The molecule has 0 unspecified atom stereocenters. The molecule has 0 heterocycles. The van der Waals surface area contributed by atoms with Crippen molar-refractivity contribution in [2.75, 3.05) is 26.4 Å². The van der Waals surface area contributed by atoms with Crippen LogP contribution in [0.3, 0.4) is 0 Å². The van der Waals surface area contributed by atoms with E-state index in [-0.39, 0.29) is 26.4 Å². The molecule has 0 aliphatic carbocycles. The lowest BCUT2D eigenvalue weighted by atomic mass is 10.0. The van der Waals surface area contributed by atoms with Crippen LogP contribution in [0.15, 0.2) is 61.7 Å².